The standard InChI is InChI=1S/C17H15N3O4/c21-15-11-6-3-4-7-12(11)16(22)20(15)24-17(23)13-10-18-14-8-2-1-5-9-19(13)14/h3-4,6-7,10H,1-2,5,8-9H2. The lowest BCUT2D eigenvalue weighted by Crippen LogP contribution is -2.33. The zero-order valence-electron chi connectivity index (χ0n) is 12.9. The first-order chi connectivity index (χ1) is 11.7. The van der Waals surface area contributed by atoms with Gasteiger partial charge < -0.3 is 9.40 Å². The minimum atomic E-state index is -0.745. The number of rotatable bonds is 2. The van der Waals surface area contributed by atoms with Crippen molar-refractivity contribution in [2.45, 2.75) is 32.2 Å². The molecule has 0 N–H and O–H groups in total. The molecule has 122 valence electrons. The Balaban J connectivity index is 1.59. The van der Waals surface area contributed by atoms with Crippen LogP contribution in [0.5, 0.6) is 0 Å². The number of nitrogens with zero attached hydrogens (tertiary/aromatic N) is 3. The predicted octanol–water partition coefficient (Wildman–Crippen LogP) is 1.98. The Morgan fingerprint density at radius 2 is 1.75 bits per heavy atom. The molecule has 0 atom stereocenters. The SMILES string of the molecule is O=C(ON1C(=O)c2ccccc2C1=O)c1cnc2n1CCCCC2. The zero-order valence-corrected chi connectivity index (χ0v) is 12.9. The highest BCUT2D eigenvalue weighted by molar-refractivity contribution is 6.21. The Hall–Kier alpha value is -2.96. The second-order valence-electron chi connectivity index (χ2n) is 5.85. The third-order valence-corrected chi connectivity index (χ3v) is 4.36. The maximum Gasteiger partial charge on any atom is 0.381 e. The lowest BCUT2D eigenvalue weighted by molar-refractivity contribution is -0.0591. The molecule has 1 aromatic carbocycles. The first-order valence-corrected chi connectivity index (χ1v) is 7.91. The Morgan fingerprint density at radius 1 is 1.04 bits per heavy atom. The first kappa shape index (κ1) is 14.6. The molecule has 0 saturated carbocycles. The number of carbonyl (C=O) groups is 3. The molecule has 0 spiro atoms. The van der Waals surface area contributed by atoms with Gasteiger partial charge >= 0.3 is 5.97 Å². The number of hydrogen-bond acceptors (Lipinski definition) is 5. The summed E-state index contributed by atoms with van der Waals surface area (Å²) in [4.78, 5) is 46.3. The minimum Gasteiger partial charge on any atom is -0.323 e. The molecule has 2 aromatic rings. The van der Waals surface area contributed by atoms with Crippen LogP contribution in [0, 0.1) is 0 Å². The van der Waals surface area contributed by atoms with Gasteiger partial charge in [-0.15, -0.1) is 0 Å². The highest BCUT2D eigenvalue weighted by atomic mass is 16.7. The second kappa shape index (κ2) is 5.59. The van der Waals surface area contributed by atoms with E-state index in [1.54, 1.807) is 12.1 Å². The van der Waals surface area contributed by atoms with E-state index >= 15 is 0 Å². The Kier molecular flexibility index (Phi) is 3.41. The fourth-order valence-electron chi connectivity index (χ4n) is 3.14. The van der Waals surface area contributed by atoms with E-state index in [9.17, 15) is 14.4 Å². The van der Waals surface area contributed by atoms with E-state index in [0.29, 0.717) is 11.6 Å². The van der Waals surface area contributed by atoms with Crippen molar-refractivity contribution in [3.05, 3.63) is 53.1 Å². The van der Waals surface area contributed by atoms with Crippen molar-refractivity contribution in [3.63, 3.8) is 0 Å². The lowest BCUT2D eigenvalue weighted by atomic mass is 10.1. The van der Waals surface area contributed by atoms with Gasteiger partial charge in [-0.3, -0.25) is 9.59 Å². The number of aryl methyl sites for hydroxylation is 1. The number of hydroxylamine groups is 2. The summed E-state index contributed by atoms with van der Waals surface area (Å²) >= 11 is 0. The van der Waals surface area contributed by atoms with E-state index in [4.69, 9.17) is 4.84 Å². The number of carbonyl (C=O) groups excluding carboxylic acids is 3. The zero-order chi connectivity index (χ0) is 16.7. The van der Waals surface area contributed by atoms with Crippen LogP contribution in [0.25, 0.3) is 0 Å². The molecule has 2 aliphatic heterocycles. The van der Waals surface area contributed by atoms with Crippen LogP contribution in [-0.4, -0.2) is 32.4 Å². The molecule has 7 nitrogen and oxygen atoms in total. The van der Waals surface area contributed by atoms with Crippen LogP contribution >= 0.6 is 0 Å². The highest BCUT2D eigenvalue weighted by Gasteiger charge is 2.39. The molecule has 1 aromatic heterocycles. The third-order valence-electron chi connectivity index (χ3n) is 4.36. The quantitative estimate of drug-likeness (QED) is 0.789. The smallest absolute Gasteiger partial charge is 0.323 e. The summed E-state index contributed by atoms with van der Waals surface area (Å²) < 4.78 is 1.81. The van der Waals surface area contributed by atoms with Crippen LogP contribution in [0.2, 0.25) is 0 Å². The first-order valence-electron chi connectivity index (χ1n) is 7.91. The van der Waals surface area contributed by atoms with Crippen LogP contribution in [0.15, 0.2) is 30.5 Å². The van der Waals surface area contributed by atoms with Crippen LogP contribution in [-0.2, 0) is 17.8 Å². The molecule has 0 saturated heterocycles. The molecule has 0 radical (unpaired) electrons. The number of amides is 2. The van der Waals surface area contributed by atoms with Gasteiger partial charge in [0.25, 0.3) is 11.8 Å². The van der Waals surface area contributed by atoms with E-state index in [-0.39, 0.29) is 16.8 Å². The van der Waals surface area contributed by atoms with E-state index in [0.717, 1.165) is 31.5 Å². The van der Waals surface area contributed by atoms with E-state index in [1.165, 1.54) is 18.3 Å². The van der Waals surface area contributed by atoms with Crippen LogP contribution in [0.1, 0.15) is 56.3 Å². The molecule has 0 fully saturated rings. The maximum absolute atomic E-state index is 12.5. The second-order valence-corrected chi connectivity index (χ2v) is 5.85. The molecule has 7 heteroatoms. The average Bonchev–Trinajstić information content (AvgIpc) is 2.99. The molecule has 4 rings (SSSR count). The molecule has 0 aliphatic carbocycles. The summed E-state index contributed by atoms with van der Waals surface area (Å²) in [7, 11) is 0. The molecule has 24 heavy (non-hydrogen) atoms. The van der Waals surface area contributed by atoms with Crippen molar-refractivity contribution < 1.29 is 19.2 Å². The van der Waals surface area contributed by atoms with Crippen LogP contribution < -0.4 is 0 Å². The van der Waals surface area contributed by atoms with Gasteiger partial charge in [-0.05, 0) is 25.0 Å². The van der Waals surface area contributed by atoms with Crippen molar-refractivity contribution in [2.75, 3.05) is 0 Å². The minimum absolute atomic E-state index is 0.238. The molecule has 0 bridgehead atoms. The van der Waals surface area contributed by atoms with Crippen molar-refractivity contribution >= 4 is 17.8 Å². The largest absolute Gasteiger partial charge is 0.381 e. The molecule has 2 amide bonds. The summed E-state index contributed by atoms with van der Waals surface area (Å²) in [6.07, 6.45) is 5.32. The lowest BCUT2D eigenvalue weighted by Gasteiger charge is -2.13. The molecule has 0 unspecified atom stereocenters. The summed E-state index contributed by atoms with van der Waals surface area (Å²) in [6.45, 7) is 0.682. The van der Waals surface area contributed by atoms with E-state index < -0.39 is 17.8 Å². The van der Waals surface area contributed by atoms with Gasteiger partial charge in [0.05, 0.1) is 17.3 Å². The van der Waals surface area contributed by atoms with Crippen molar-refractivity contribution in [2.24, 2.45) is 0 Å². The van der Waals surface area contributed by atoms with Crippen LogP contribution in [0.3, 0.4) is 0 Å². The topological polar surface area (TPSA) is 81.5 Å². The summed E-state index contributed by atoms with van der Waals surface area (Å²) in [5.74, 6) is -1.16. The average molecular weight is 325 g/mol. The fourth-order valence-corrected chi connectivity index (χ4v) is 3.14. The number of aromatic nitrogens is 2. The number of benzene rings is 1. The van der Waals surface area contributed by atoms with Gasteiger partial charge in [-0.1, -0.05) is 23.6 Å². The third kappa shape index (κ3) is 2.20. The molecular formula is C17H15N3O4. The summed E-state index contributed by atoms with van der Waals surface area (Å²) in [5.41, 5.74) is 0.744. The highest BCUT2D eigenvalue weighted by Crippen LogP contribution is 2.24. The van der Waals surface area contributed by atoms with Gasteiger partial charge in [0.15, 0.2) is 0 Å². The molecule has 2 aliphatic rings. The Labute approximate surface area is 137 Å². The van der Waals surface area contributed by atoms with E-state index in [1.807, 2.05) is 4.57 Å². The normalized spacial score (nSPS) is 16.6. The Bertz CT molecular complexity index is 820. The van der Waals surface area contributed by atoms with Crippen LogP contribution in [0.4, 0.5) is 0 Å². The Morgan fingerprint density at radius 3 is 2.46 bits per heavy atom. The van der Waals surface area contributed by atoms with Gasteiger partial charge in [-0.2, -0.15) is 0 Å². The predicted molar refractivity (Wildman–Crippen MR) is 82.1 cm³/mol. The number of imidazole rings is 1. The van der Waals surface area contributed by atoms with E-state index in [2.05, 4.69) is 4.98 Å². The van der Waals surface area contributed by atoms with Crippen molar-refractivity contribution in [1.29, 1.82) is 0 Å². The number of fused-ring (bicyclic) bond motifs is 2. The fraction of sp³-hybridized carbons (Fsp3) is 0.294. The summed E-state index contributed by atoms with van der Waals surface area (Å²) in [6, 6.07) is 6.39. The maximum atomic E-state index is 12.5. The van der Waals surface area contributed by atoms with Gasteiger partial charge in [0.1, 0.15) is 11.5 Å². The van der Waals surface area contributed by atoms with Gasteiger partial charge in [0.2, 0.25) is 0 Å². The monoisotopic (exact) mass is 325 g/mol. The summed E-state index contributed by atoms with van der Waals surface area (Å²) in [5, 5.41) is 0.531. The van der Waals surface area contributed by atoms with Crippen molar-refractivity contribution in [1.82, 2.24) is 14.6 Å². The van der Waals surface area contributed by atoms with Crippen molar-refractivity contribution in [3.8, 4) is 0 Å². The number of hydrogen-bond donors (Lipinski definition) is 0. The number of imide groups is 1. The molecule has 3 heterocycles. The molecular weight excluding hydrogens is 310 g/mol. The van der Waals surface area contributed by atoms with Gasteiger partial charge in [-0.25, -0.2) is 9.78 Å². The van der Waals surface area contributed by atoms with Gasteiger partial charge in [0, 0.05) is 13.0 Å².